The van der Waals surface area contributed by atoms with Crippen molar-refractivity contribution >= 4 is 5.97 Å². The smallest absolute Gasteiger partial charge is 0.330 e. The van der Waals surface area contributed by atoms with Gasteiger partial charge in [-0.15, -0.1) is 0 Å². The molecule has 1 aliphatic heterocycles. The van der Waals surface area contributed by atoms with E-state index in [-0.39, 0.29) is 24.2 Å². The predicted octanol–water partition coefficient (Wildman–Crippen LogP) is 3.40. The summed E-state index contributed by atoms with van der Waals surface area (Å²) in [5, 5.41) is 0. The van der Waals surface area contributed by atoms with Crippen LogP contribution < -0.4 is 0 Å². The molecule has 25 heavy (non-hydrogen) atoms. The summed E-state index contributed by atoms with van der Waals surface area (Å²) in [6, 6.07) is 21.4. The monoisotopic (exact) mass is 336 g/mol. The van der Waals surface area contributed by atoms with E-state index in [0.717, 1.165) is 0 Å². The van der Waals surface area contributed by atoms with Crippen LogP contribution >= 0.6 is 0 Å². The Bertz CT molecular complexity index is 679. The standard InChI is InChI=1S/C21H24N2O2/c1-22-18(14-15-19(24)25-3)23(2)21(17-12-8-5-9-13-17)20(22)16-10-6-4-7-11-16/h4-15,18,20-21H,1-3H3/b15-14+/t20-,21-/m0/s1. The molecule has 2 aromatic carbocycles. The average Bonchev–Trinajstić information content (AvgIpc) is 2.91. The van der Waals surface area contributed by atoms with Gasteiger partial charge in [-0.05, 0) is 31.3 Å². The molecule has 1 saturated heterocycles. The molecule has 0 saturated carbocycles. The fourth-order valence-corrected chi connectivity index (χ4v) is 3.70. The fraction of sp³-hybridized carbons (Fsp3) is 0.286. The number of rotatable bonds is 4. The SMILES string of the molecule is COC(=O)/C=C/C1N(C)[C@@H](c2ccccc2)[C@H](c2ccccc2)N1C. The van der Waals surface area contributed by atoms with Crippen molar-refractivity contribution in [3.05, 3.63) is 83.9 Å². The number of esters is 1. The topological polar surface area (TPSA) is 32.8 Å². The van der Waals surface area contributed by atoms with Gasteiger partial charge in [0.1, 0.15) is 0 Å². The summed E-state index contributed by atoms with van der Waals surface area (Å²) in [5.41, 5.74) is 2.53. The number of benzene rings is 2. The summed E-state index contributed by atoms with van der Waals surface area (Å²) < 4.78 is 4.74. The molecule has 2 atom stereocenters. The lowest BCUT2D eigenvalue weighted by Gasteiger charge is -2.26. The maximum absolute atomic E-state index is 11.5. The van der Waals surface area contributed by atoms with Crippen molar-refractivity contribution < 1.29 is 9.53 Å². The van der Waals surface area contributed by atoms with Crippen LogP contribution in [0.3, 0.4) is 0 Å². The first-order valence-electron chi connectivity index (χ1n) is 8.43. The van der Waals surface area contributed by atoms with E-state index >= 15 is 0 Å². The Morgan fingerprint density at radius 3 is 1.72 bits per heavy atom. The normalized spacial score (nSPS) is 22.5. The van der Waals surface area contributed by atoms with E-state index in [1.165, 1.54) is 24.3 Å². The quantitative estimate of drug-likeness (QED) is 0.633. The minimum Gasteiger partial charge on any atom is -0.466 e. The summed E-state index contributed by atoms with van der Waals surface area (Å²) >= 11 is 0. The average molecular weight is 336 g/mol. The molecule has 1 aliphatic rings. The van der Waals surface area contributed by atoms with Gasteiger partial charge in [0.2, 0.25) is 0 Å². The van der Waals surface area contributed by atoms with Crippen LogP contribution in [0, 0.1) is 0 Å². The van der Waals surface area contributed by atoms with Crippen molar-refractivity contribution in [1.29, 1.82) is 0 Å². The van der Waals surface area contributed by atoms with Crippen LogP contribution in [0.25, 0.3) is 0 Å². The number of ether oxygens (including phenoxy) is 1. The lowest BCUT2D eigenvalue weighted by Crippen LogP contribution is -2.33. The van der Waals surface area contributed by atoms with E-state index in [1.54, 1.807) is 0 Å². The summed E-state index contributed by atoms with van der Waals surface area (Å²) in [6.07, 6.45) is 3.42. The molecule has 130 valence electrons. The Labute approximate surface area is 149 Å². The van der Waals surface area contributed by atoms with Crippen molar-refractivity contribution in [2.24, 2.45) is 0 Å². The molecule has 0 radical (unpaired) electrons. The second-order valence-corrected chi connectivity index (χ2v) is 6.34. The molecule has 0 bridgehead atoms. The number of carbonyl (C=O) groups excluding carboxylic acids is 1. The van der Waals surface area contributed by atoms with E-state index in [4.69, 9.17) is 4.74 Å². The molecule has 1 fully saturated rings. The van der Waals surface area contributed by atoms with Gasteiger partial charge in [-0.3, -0.25) is 9.80 Å². The van der Waals surface area contributed by atoms with Gasteiger partial charge in [-0.1, -0.05) is 60.7 Å². The summed E-state index contributed by atoms with van der Waals surface area (Å²) in [7, 11) is 5.60. The summed E-state index contributed by atoms with van der Waals surface area (Å²) in [4.78, 5) is 16.1. The third-order valence-electron chi connectivity index (χ3n) is 4.90. The third-order valence-corrected chi connectivity index (χ3v) is 4.90. The van der Waals surface area contributed by atoms with E-state index in [1.807, 2.05) is 18.2 Å². The molecular weight excluding hydrogens is 312 g/mol. The number of methoxy groups -OCH3 is 1. The highest BCUT2D eigenvalue weighted by atomic mass is 16.5. The Kier molecular flexibility index (Phi) is 5.31. The molecule has 0 aromatic heterocycles. The highest BCUT2D eigenvalue weighted by molar-refractivity contribution is 5.81. The van der Waals surface area contributed by atoms with E-state index in [2.05, 4.69) is 72.4 Å². The van der Waals surface area contributed by atoms with E-state index < -0.39 is 0 Å². The van der Waals surface area contributed by atoms with Gasteiger partial charge in [-0.25, -0.2) is 4.79 Å². The van der Waals surface area contributed by atoms with Crippen molar-refractivity contribution in [2.75, 3.05) is 21.2 Å². The van der Waals surface area contributed by atoms with Crippen LogP contribution in [0.15, 0.2) is 72.8 Å². The highest BCUT2D eigenvalue weighted by Crippen LogP contribution is 2.45. The van der Waals surface area contributed by atoms with E-state index in [9.17, 15) is 4.79 Å². The number of hydrogen-bond acceptors (Lipinski definition) is 4. The van der Waals surface area contributed by atoms with E-state index in [0.29, 0.717) is 0 Å². The molecule has 0 aliphatic carbocycles. The largest absolute Gasteiger partial charge is 0.466 e. The van der Waals surface area contributed by atoms with Gasteiger partial charge in [0, 0.05) is 6.08 Å². The lowest BCUT2D eigenvalue weighted by atomic mass is 9.93. The number of likely N-dealkylation sites (N-methyl/N-ethyl adjacent to an activating group) is 2. The molecule has 3 rings (SSSR count). The zero-order valence-electron chi connectivity index (χ0n) is 14.9. The zero-order valence-corrected chi connectivity index (χ0v) is 14.9. The first-order valence-corrected chi connectivity index (χ1v) is 8.43. The van der Waals surface area contributed by atoms with Crippen molar-refractivity contribution in [3.8, 4) is 0 Å². The molecule has 2 aromatic rings. The summed E-state index contributed by atoms with van der Waals surface area (Å²) in [6.45, 7) is 0. The van der Waals surface area contributed by atoms with Gasteiger partial charge < -0.3 is 4.74 Å². The Balaban J connectivity index is 2.00. The van der Waals surface area contributed by atoms with Crippen LogP contribution in [0.2, 0.25) is 0 Å². The predicted molar refractivity (Wildman–Crippen MR) is 98.8 cm³/mol. The van der Waals surface area contributed by atoms with Gasteiger partial charge in [0.25, 0.3) is 0 Å². The number of nitrogens with zero attached hydrogens (tertiary/aromatic N) is 2. The maximum Gasteiger partial charge on any atom is 0.330 e. The third kappa shape index (κ3) is 3.50. The molecule has 0 spiro atoms. The second-order valence-electron chi connectivity index (χ2n) is 6.34. The Hall–Kier alpha value is -2.43. The molecule has 0 N–H and O–H groups in total. The van der Waals surface area contributed by atoms with Gasteiger partial charge in [-0.2, -0.15) is 0 Å². The van der Waals surface area contributed by atoms with Crippen molar-refractivity contribution in [2.45, 2.75) is 18.2 Å². The Morgan fingerprint density at radius 2 is 1.32 bits per heavy atom. The van der Waals surface area contributed by atoms with Crippen LogP contribution in [0.4, 0.5) is 0 Å². The second kappa shape index (κ2) is 7.64. The maximum atomic E-state index is 11.5. The van der Waals surface area contributed by atoms with Gasteiger partial charge in [0.05, 0.1) is 25.4 Å². The lowest BCUT2D eigenvalue weighted by molar-refractivity contribution is -0.134. The molecule has 4 nitrogen and oxygen atoms in total. The zero-order chi connectivity index (χ0) is 17.8. The molecule has 0 unspecified atom stereocenters. The number of carbonyl (C=O) groups is 1. The van der Waals surface area contributed by atoms with Crippen LogP contribution in [-0.4, -0.2) is 43.1 Å². The molecule has 0 amide bonds. The first-order chi connectivity index (χ1) is 12.1. The van der Waals surface area contributed by atoms with Gasteiger partial charge in [0.15, 0.2) is 0 Å². The first kappa shape index (κ1) is 17.4. The molecule has 4 heteroatoms. The Morgan fingerprint density at radius 1 is 0.880 bits per heavy atom. The van der Waals surface area contributed by atoms with Crippen LogP contribution in [-0.2, 0) is 9.53 Å². The molecular formula is C21H24N2O2. The number of hydrogen-bond donors (Lipinski definition) is 0. The summed E-state index contributed by atoms with van der Waals surface area (Å²) in [5.74, 6) is -0.332. The van der Waals surface area contributed by atoms with Crippen LogP contribution in [0.5, 0.6) is 0 Å². The molecule has 1 heterocycles. The van der Waals surface area contributed by atoms with Crippen molar-refractivity contribution in [3.63, 3.8) is 0 Å². The van der Waals surface area contributed by atoms with Gasteiger partial charge >= 0.3 is 5.97 Å². The highest BCUT2D eigenvalue weighted by Gasteiger charge is 2.43. The van der Waals surface area contributed by atoms with Crippen LogP contribution in [0.1, 0.15) is 23.2 Å². The van der Waals surface area contributed by atoms with Crippen molar-refractivity contribution in [1.82, 2.24) is 9.80 Å². The fourth-order valence-electron chi connectivity index (χ4n) is 3.70. The minimum atomic E-state index is -0.332. The minimum absolute atomic E-state index is 0.00881.